The molecule has 1 heterocycles. The first-order chi connectivity index (χ1) is 9.25. The lowest BCUT2D eigenvalue weighted by molar-refractivity contribution is -0.130. The van der Waals surface area contributed by atoms with E-state index in [1.54, 1.807) is 0 Å². The Kier molecular flexibility index (Phi) is 6.15. The lowest BCUT2D eigenvalue weighted by Gasteiger charge is -2.28. The third-order valence-electron chi connectivity index (χ3n) is 4.85. The minimum Gasteiger partial charge on any atom is -0.345 e. The number of hydrogen-bond donors (Lipinski definition) is 1. The zero-order chi connectivity index (χ0) is 13.5. The van der Waals surface area contributed by atoms with Gasteiger partial charge < -0.3 is 10.2 Å². The smallest absolute Gasteiger partial charge is 0.222 e. The monoisotopic (exact) mass is 266 g/mol. The summed E-state index contributed by atoms with van der Waals surface area (Å²) in [4.78, 5) is 14.1. The number of amides is 1. The second-order valence-corrected chi connectivity index (χ2v) is 6.53. The van der Waals surface area contributed by atoms with Crippen LogP contribution in [0.25, 0.3) is 0 Å². The van der Waals surface area contributed by atoms with Gasteiger partial charge in [-0.15, -0.1) is 0 Å². The second-order valence-electron chi connectivity index (χ2n) is 6.53. The Morgan fingerprint density at radius 3 is 2.53 bits per heavy atom. The minimum atomic E-state index is 0.358. The van der Waals surface area contributed by atoms with Crippen LogP contribution in [0.2, 0.25) is 0 Å². The van der Waals surface area contributed by atoms with Gasteiger partial charge >= 0.3 is 0 Å². The highest BCUT2D eigenvalue weighted by Gasteiger charge is 2.19. The van der Waals surface area contributed by atoms with Crippen molar-refractivity contribution in [2.45, 2.75) is 57.8 Å². The number of nitrogens with one attached hydrogen (secondary N) is 1. The van der Waals surface area contributed by atoms with Crippen LogP contribution in [0.5, 0.6) is 0 Å². The molecule has 0 aromatic rings. The van der Waals surface area contributed by atoms with Crippen LogP contribution < -0.4 is 5.32 Å². The largest absolute Gasteiger partial charge is 0.345 e. The molecule has 1 aliphatic heterocycles. The van der Waals surface area contributed by atoms with Crippen molar-refractivity contribution in [1.82, 2.24) is 10.2 Å². The summed E-state index contributed by atoms with van der Waals surface area (Å²) in [6.45, 7) is 3.17. The molecule has 1 atom stereocenters. The van der Waals surface area contributed by atoms with Gasteiger partial charge in [0.05, 0.1) is 0 Å². The van der Waals surface area contributed by atoms with Gasteiger partial charge in [-0.3, -0.25) is 4.79 Å². The van der Waals surface area contributed by atoms with Gasteiger partial charge in [-0.25, -0.2) is 0 Å². The van der Waals surface area contributed by atoms with E-state index in [1.165, 1.54) is 44.9 Å². The van der Waals surface area contributed by atoms with Crippen molar-refractivity contribution in [1.29, 1.82) is 0 Å². The molecule has 1 saturated carbocycles. The Balaban J connectivity index is 1.63. The highest BCUT2D eigenvalue weighted by molar-refractivity contribution is 5.75. The van der Waals surface area contributed by atoms with Gasteiger partial charge in [0.1, 0.15) is 0 Å². The first-order valence-electron chi connectivity index (χ1n) is 8.20. The van der Waals surface area contributed by atoms with Gasteiger partial charge in [-0.2, -0.15) is 0 Å². The van der Waals surface area contributed by atoms with Crippen LogP contribution in [0.15, 0.2) is 0 Å². The van der Waals surface area contributed by atoms with Crippen molar-refractivity contribution in [3.63, 3.8) is 0 Å². The summed E-state index contributed by atoms with van der Waals surface area (Å²) in [6.07, 6.45) is 11.3. The van der Waals surface area contributed by atoms with E-state index in [0.29, 0.717) is 11.8 Å². The maximum Gasteiger partial charge on any atom is 0.222 e. The Morgan fingerprint density at radius 1 is 1.11 bits per heavy atom. The Hall–Kier alpha value is -0.570. The van der Waals surface area contributed by atoms with Crippen LogP contribution in [0, 0.1) is 11.8 Å². The van der Waals surface area contributed by atoms with Gasteiger partial charge in [0.15, 0.2) is 0 Å². The standard InChI is InChI=1S/C16H30N2O/c1-18(13-15-8-5-11-17-12-15)16(19)10-9-14-6-3-2-4-7-14/h14-15,17H,2-13H2,1H3. The molecule has 1 saturated heterocycles. The summed E-state index contributed by atoms with van der Waals surface area (Å²) in [6, 6.07) is 0. The summed E-state index contributed by atoms with van der Waals surface area (Å²) in [5.74, 6) is 1.84. The van der Waals surface area contributed by atoms with E-state index in [1.807, 2.05) is 11.9 Å². The molecule has 2 aliphatic rings. The van der Waals surface area contributed by atoms with E-state index >= 15 is 0 Å². The van der Waals surface area contributed by atoms with Crippen molar-refractivity contribution < 1.29 is 4.79 Å². The van der Waals surface area contributed by atoms with Crippen LogP contribution in [0.3, 0.4) is 0 Å². The highest BCUT2D eigenvalue weighted by Crippen LogP contribution is 2.27. The second kappa shape index (κ2) is 7.88. The van der Waals surface area contributed by atoms with E-state index in [0.717, 1.165) is 38.4 Å². The Labute approximate surface area is 118 Å². The van der Waals surface area contributed by atoms with Crippen molar-refractivity contribution in [2.24, 2.45) is 11.8 Å². The number of carbonyl (C=O) groups is 1. The van der Waals surface area contributed by atoms with Crippen molar-refractivity contribution in [3.8, 4) is 0 Å². The maximum absolute atomic E-state index is 12.2. The van der Waals surface area contributed by atoms with Gasteiger partial charge in [-0.05, 0) is 44.2 Å². The average molecular weight is 266 g/mol. The molecule has 1 N–H and O–H groups in total. The van der Waals surface area contributed by atoms with Crippen molar-refractivity contribution >= 4 is 5.91 Å². The number of piperidine rings is 1. The van der Waals surface area contributed by atoms with Gasteiger partial charge in [0, 0.05) is 20.0 Å². The fourth-order valence-corrected chi connectivity index (χ4v) is 3.56. The predicted molar refractivity (Wildman–Crippen MR) is 79.0 cm³/mol. The molecule has 1 aliphatic carbocycles. The lowest BCUT2D eigenvalue weighted by Crippen LogP contribution is -2.39. The fraction of sp³-hybridized carbons (Fsp3) is 0.938. The molecule has 110 valence electrons. The first-order valence-corrected chi connectivity index (χ1v) is 8.20. The summed E-state index contributed by atoms with van der Waals surface area (Å²) >= 11 is 0. The van der Waals surface area contributed by atoms with E-state index in [4.69, 9.17) is 0 Å². The molecule has 1 amide bonds. The van der Waals surface area contributed by atoms with Crippen LogP contribution in [0.4, 0.5) is 0 Å². The summed E-state index contributed by atoms with van der Waals surface area (Å²) in [5, 5.41) is 3.42. The van der Waals surface area contributed by atoms with Crippen molar-refractivity contribution in [3.05, 3.63) is 0 Å². The zero-order valence-electron chi connectivity index (χ0n) is 12.5. The third kappa shape index (κ3) is 5.13. The van der Waals surface area contributed by atoms with E-state index in [2.05, 4.69) is 5.32 Å². The fourth-order valence-electron chi connectivity index (χ4n) is 3.56. The number of hydrogen-bond acceptors (Lipinski definition) is 2. The molecular formula is C16H30N2O. The molecular weight excluding hydrogens is 236 g/mol. The van der Waals surface area contributed by atoms with E-state index in [-0.39, 0.29) is 0 Å². The topological polar surface area (TPSA) is 32.3 Å². The summed E-state index contributed by atoms with van der Waals surface area (Å²) in [7, 11) is 1.98. The molecule has 0 radical (unpaired) electrons. The van der Waals surface area contributed by atoms with Gasteiger partial charge in [0.25, 0.3) is 0 Å². The SMILES string of the molecule is CN(CC1CCCNC1)C(=O)CCC1CCCCC1. The average Bonchev–Trinajstić information content (AvgIpc) is 2.47. The maximum atomic E-state index is 12.2. The molecule has 0 aromatic heterocycles. The minimum absolute atomic E-state index is 0.358. The molecule has 0 spiro atoms. The van der Waals surface area contributed by atoms with Gasteiger partial charge in [0.2, 0.25) is 5.91 Å². The van der Waals surface area contributed by atoms with E-state index in [9.17, 15) is 4.79 Å². The molecule has 1 unspecified atom stereocenters. The number of rotatable bonds is 5. The first kappa shape index (κ1) is 14.8. The Bertz CT molecular complexity index is 268. The van der Waals surface area contributed by atoms with Crippen LogP contribution in [0.1, 0.15) is 57.8 Å². The third-order valence-corrected chi connectivity index (χ3v) is 4.85. The number of carbonyl (C=O) groups excluding carboxylic acids is 1. The van der Waals surface area contributed by atoms with Crippen LogP contribution >= 0.6 is 0 Å². The molecule has 0 aromatic carbocycles. The van der Waals surface area contributed by atoms with Crippen LogP contribution in [-0.4, -0.2) is 37.5 Å². The molecule has 3 heteroatoms. The molecule has 2 rings (SSSR count). The molecule has 19 heavy (non-hydrogen) atoms. The normalized spacial score (nSPS) is 25.2. The van der Waals surface area contributed by atoms with Crippen molar-refractivity contribution in [2.75, 3.05) is 26.7 Å². The molecule has 3 nitrogen and oxygen atoms in total. The summed E-state index contributed by atoms with van der Waals surface area (Å²) in [5.41, 5.74) is 0. The predicted octanol–water partition coefficient (Wildman–Crippen LogP) is 2.80. The molecule has 2 fully saturated rings. The Morgan fingerprint density at radius 2 is 1.84 bits per heavy atom. The summed E-state index contributed by atoms with van der Waals surface area (Å²) < 4.78 is 0. The zero-order valence-corrected chi connectivity index (χ0v) is 12.5. The number of nitrogens with zero attached hydrogens (tertiary/aromatic N) is 1. The van der Waals surface area contributed by atoms with E-state index < -0.39 is 0 Å². The van der Waals surface area contributed by atoms with Gasteiger partial charge in [-0.1, -0.05) is 32.1 Å². The highest BCUT2D eigenvalue weighted by atomic mass is 16.2. The van der Waals surface area contributed by atoms with Crippen LogP contribution in [-0.2, 0) is 4.79 Å². The quantitative estimate of drug-likeness (QED) is 0.830. The lowest BCUT2D eigenvalue weighted by atomic mass is 9.86. The molecule has 0 bridgehead atoms.